The van der Waals surface area contributed by atoms with Crippen LogP contribution in [0.1, 0.15) is 31.5 Å². The number of alkyl halides is 1. The van der Waals surface area contributed by atoms with Gasteiger partial charge in [-0.2, -0.15) is 0 Å². The van der Waals surface area contributed by atoms with Crippen molar-refractivity contribution in [1.82, 2.24) is 25.1 Å². The Morgan fingerprint density at radius 1 is 1.44 bits per heavy atom. The topological polar surface area (TPSA) is 61.4 Å². The van der Waals surface area contributed by atoms with Gasteiger partial charge in [0.05, 0.1) is 6.54 Å². The van der Waals surface area contributed by atoms with Crippen molar-refractivity contribution in [2.75, 3.05) is 20.1 Å². The summed E-state index contributed by atoms with van der Waals surface area (Å²) in [7, 11) is 1.77. The molecule has 0 bridgehead atoms. The smallest absolute Gasteiger partial charge is 0.317 e. The average Bonchev–Trinajstić information content (AvgIpc) is 2.95. The van der Waals surface area contributed by atoms with Crippen molar-refractivity contribution >= 4 is 6.03 Å². The van der Waals surface area contributed by atoms with E-state index in [1.165, 1.54) is 0 Å². The summed E-state index contributed by atoms with van der Waals surface area (Å²) < 4.78 is 13.9. The zero-order chi connectivity index (χ0) is 17.6. The molecular formula is C18H26FN5O. The van der Waals surface area contributed by atoms with Crippen molar-refractivity contribution in [3.8, 4) is 0 Å². The van der Waals surface area contributed by atoms with Crippen molar-refractivity contribution in [1.29, 1.82) is 0 Å². The number of nitrogens with one attached hydrogen (secondary N) is 1. The number of hydrogen-bond donors (Lipinski definition) is 1. The van der Waals surface area contributed by atoms with E-state index in [0.717, 1.165) is 19.3 Å². The van der Waals surface area contributed by atoms with Crippen molar-refractivity contribution in [3.63, 3.8) is 0 Å². The highest BCUT2D eigenvalue weighted by atomic mass is 19.1. The van der Waals surface area contributed by atoms with E-state index < -0.39 is 6.17 Å². The Morgan fingerprint density at radius 3 is 2.96 bits per heavy atom. The molecule has 25 heavy (non-hydrogen) atoms. The van der Waals surface area contributed by atoms with Crippen LogP contribution >= 0.6 is 0 Å². The van der Waals surface area contributed by atoms with Crippen LogP contribution in [0.3, 0.4) is 0 Å². The summed E-state index contributed by atoms with van der Waals surface area (Å²) in [4.78, 5) is 24.5. The summed E-state index contributed by atoms with van der Waals surface area (Å²) in [5.41, 5.74) is 0. The summed E-state index contributed by atoms with van der Waals surface area (Å²) in [6, 6.07) is 1.75. The third kappa shape index (κ3) is 4.98. The number of likely N-dealkylation sites (tertiary alicyclic amines) is 1. The number of allylic oxidation sites excluding steroid dienone is 1. The molecule has 0 radical (unpaired) electrons. The molecule has 3 atom stereocenters. The Balaban J connectivity index is 1.54. The number of urea groups is 1. The number of aromatic nitrogens is 2. The Labute approximate surface area is 148 Å². The maximum absolute atomic E-state index is 13.9. The molecule has 1 fully saturated rings. The molecule has 1 aliphatic heterocycles. The van der Waals surface area contributed by atoms with E-state index in [2.05, 4.69) is 27.4 Å². The highest BCUT2D eigenvalue weighted by molar-refractivity contribution is 5.74. The van der Waals surface area contributed by atoms with E-state index in [1.54, 1.807) is 30.4 Å². The van der Waals surface area contributed by atoms with Gasteiger partial charge in [-0.1, -0.05) is 12.2 Å². The molecule has 1 unspecified atom stereocenters. The van der Waals surface area contributed by atoms with Gasteiger partial charge < -0.3 is 10.2 Å². The number of amides is 2. The fourth-order valence-electron chi connectivity index (χ4n) is 3.50. The number of nitrogens with zero attached hydrogens (tertiary/aromatic N) is 4. The molecule has 0 spiro atoms. The maximum Gasteiger partial charge on any atom is 0.317 e. The van der Waals surface area contributed by atoms with Gasteiger partial charge in [0.2, 0.25) is 0 Å². The van der Waals surface area contributed by atoms with Crippen LogP contribution in [0, 0.1) is 0 Å². The molecule has 0 saturated carbocycles. The summed E-state index contributed by atoms with van der Waals surface area (Å²) in [6.45, 7) is 1.37. The van der Waals surface area contributed by atoms with Crippen molar-refractivity contribution < 1.29 is 9.18 Å². The van der Waals surface area contributed by atoms with Crippen LogP contribution in [-0.2, 0) is 6.54 Å². The van der Waals surface area contributed by atoms with Gasteiger partial charge in [0.25, 0.3) is 0 Å². The predicted molar refractivity (Wildman–Crippen MR) is 93.7 cm³/mol. The fourth-order valence-corrected chi connectivity index (χ4v) is 3.50. The van der Waals surface area contributed by atoms with Crippen molar-refractivity contribution in [2.45, 2.75) is 50.5 Å². The Hall–Kier alpha value is -2.02. The van der Waals surface area contributed by atoms with Crippen molar-refractivity contribution in [3.05, 3.63) is 36.4 Å². The molecule has 2 amide bonds. The second-order valence-electron chi connectivity index (χ2n) is 6.88. The van der Waals surface area contributed by atoms with Crippen LogP contribution in [0.5, 0.6) is 0 Å². The first-order chi connectivity index (χ1) is 12.1. The van der Waals surface area contributed by atoms with Crippen LogP contribution in [0.2, 0.25) is 0 Å². The zero-order valence-electron chi connectivity index (χ0n) is 14.6. The van der Waals surface area contributed by atoms with E-state index in [-0.39, 0.29) is 18.1 Å². The third-order valence-electron chi connectivity index (χ3n) is 4.84. The minimum Gasteiger partial charge on any atom is -0.332 e. The standard InChI is InChI=1S/C18H26FN5O/c1-23(18(25)22-15-6-3-2-4-7-15)12-16-10-14(19)11-24(16)13-17-20-8-5-9-21-17/h3,5-6,8-9,14-16H,2,4,7,10-13H2,1H3,(H,22,25)/t14-,15?,16-/m0/s1. The molecule has 1 aromatic heterocycles. The van der Waals surface area contributed by atoms with Gasteiger partial charge in [-0.3, -0.25) is 4.90 Å². The highest BCUT2D eigenvalue weighted by Gasteiger charge is 2.34. The third-order valence-corrected chi connectivity index (χ3v) is 4.84. The maximum atomic E-state index is 13.9. The molecule has 0 aromatic carbocycles. The lowest BCUT2D eigenvalue weighted by Gasteiger charge is -2.29. The first kappa shape index (κ1) is 17.8. The van der Waals surface area contributed by atoms with Crippen molar-refractivity contribution in [2.24, 2.45) is 0 Å². The number of hydrogen-bond acceptors (Lipinski definition) is 4. The fraction of sp³-hybridized carbons (Fsp3) is 0.611. The number of carbonyl (C=O) groups is 1. The van der Waals surface area contributed by atoms with E-state index in [9.17, 15) is 9.18 Å². The lowest BCUT2D eigenvalue weighted by atomic mass is 10.0. The largest absolute Gasteiger partial charge is 0.332 e. The second-order valence-corrected chi connectivity index (χ2v) is 6.88. The zero-order valence-corrected chi connectivity index (χ0v) is 14.6. The van der Waals surface area contributed by atoms with Gasteiger partial charge in [-0.25, -0.2) is 19.2 Å². The van der Waals surface area contributed by atoms with Gasteiger partial charge in [0.1, 0.15) is 12.0 Å². The molecule has 1 aliphatic carbocycles. The Bertz CT molecular complexity index is 596. The van der Waals surface area contributed by atoms with Crippen LogP contribution in [0.25, 0.3) is 0 Å². The molecule has 3 rings (SSSR count). The average molecular weight is 347 g/mol. The van der Waals surface area contributed by atoms with Gasteiger partial charge in [-0.15, -0.1) is 0 Å². The van der Waals surface area contributed by atoms with E-state index in [1.807, 2.05) is 4.90 Å². The first-order valence-corrected chi connectivity index (χ1v) is 8.94. The van der Waals surface area contributed by atoms with Crippen LogP contribution < -0.4 is 5.32 Å². The van der Waals surface area contributed by atoms with Crippen LogP contribution in [0.15, 0.2) is 30.6 Å². The molecule has 2 aliphatic rings. The minimum atomic E-state index is -0.869. The van der Waals surface area contributed by atoms with E-state index in [0.29, 0.717) is 31.9 Å². The number of likely N-dealkylation sites (N-methyl/N-ethyl adjacent to an activating group) is 1. The van der Waals surface area contributed by atoms with E-state index >= 15 is 0 Å². The molecule has 136 valence electrons. The Kier molecular flexibility index (Phi) is 5.96. The molecule has 1 aromatic rings. The highest BCUT2D eigenvalue weighted by Crippen LogP contribution is 2.22. The normalized spacial score (nSPS) is 26.6. The van der Waals surface area contributed by atoms with Gasteiger partial charge >= 0.3 is 6.03 Å². The number of halogens is 1. The van der Waals surface area contributed by atoms with Crippen LogP contribution in [-0.4, -0.2) is 64.2 Å². The monoisotopic (exact) mass is 347 g/mol. The molecular weight excluding hydrogens is 321 g/mol. The lowest BCUT2D eigenvalue weighted by molar-refractivity contribution is 0.171. The molecule has 7 heteroatoms. The molecule has 1 saturated heterocycles. The second kappa shape index (κ2) is 8.38. The molecule has 2 heterocycles. The SMILES string of the molecule is CN(C[C@@H]1C[C@H](F)CN1Cc1ncccn1)C(=O)NC1C=CCCC1. The molecule has 6 nitrogen and oxygen atoms in total. The number of rotatable bonds is 5. The minimum absolute atomic E-state index is 0.0172. The summed E-state index contributed by atoms with van der Waals surface area (Å²) in [5.74, 6) is 0.682. The Morgan fingerprint density at radius 2 is 2.24 bits per heavy atom. The quantitative estimate of drug-likeness (QED) is 0.829. The van der Waals surface area contributed by atoms with E-state index in [4.69, 9.17) is 0 Å². The summed E-state index contributed by atoms with van der Waals surface area (Å²) >= 11 is 0. The number of carbonyl (C=O) groups excluding carboxylic acids is 1. The van der Waals surface area contributed by atoms with Gasteiger partial charge in [-0.05, 0) is 31.7 Å². The van der Waals surface area contributed by atoms with Gasteiger partial charge in [0.15, 0.2) is 0 Å². The summed E-state index contributed by atoms with van der Waals surface area (Å²) in [6.07, 6.45) is 10.3. The molecule has 1 N–H and O–H groups in total. The van der Waals surface area contributed by atoms with Crippen LogP contribution in [0.4, 0.5) is 9.18 Å². The summed E-state index contributed by atoms with van der Waals surface area (Å²) in [5, 5.41) is 3.03. The predicted octanol–water partition coefficient (Wildman–Crippen LogP) is 2.14. The lowest BCUT2D eigenvalue weighted by Crippen LogP contribution is -2.47. The first-order valence-electron chi connectivity index (χ1n) is 8.94. The van der Waals surface area contributed by atoms with Gasteiger partial charge in [0, 0.05) is 44.6 Å².